The van der Waals surface area contributed by atoms with Crippen LogP contribution in [0.3, 0.4) is 0 Å². The summed E-state index contributed by atoms with van der Waals surface area (Å²) < 4.78 is 15.9. The third kappa shape index (κ3) is 17.6. The normalized spacial score (nSPS) is 13.2. The average molecular weight is 816 g/mol. The number of nitrogens with zero attached hydrogens (tertiary/aromatic N) is 1. The minimum absolute atomic E-state index is 0.0422. The maximum absolute atomic E-state index is 14.1. The molecule has 3 rings (SSSR count). The van der Waals surface area contributed by atoms with Crippen molar-refractivity contribution in [1.82, 2.24) is 26.2 Å². The van der Waals surface area contributed by atoms with E-state index in [-0.39, 0.29) is 38.3 Å². The van der Waals surface area contributed by atoms with E-state index in [0.717, 1.165) is 16.7 Å². The number of rotatable bonds is 21. The molecule has 4 atom stereocenters. The zero-order valence-corrected chi connectivity index (χ0v) is 35.3. The van der Waals surface area contributed by atoms with Gasteiger partial charge in [0.05, 0.1) is 13.2 Å². The first-order valence-electron chi connectivity index (χ1n) is 20.1. The summed E-state index contributed by atoms with van der Waals surface area (Å²) in [5.74, 6) is -2.52. The van der Waals surface area contributed by atoms with Gasteiger partial charge >= 0.3 is 18.2 Å². The van der Waals surface area contributed by atoms with E-state index in [2.05, 4.69) is 21.3 Å². The van der Waals surface area contributed by atoms with Gasteiger partial charge in [0.1, 0.15) is 36.9 Å². The van der Waals surface area contributed by atoms with Crippen molar-refractivity contribution < 1.29 is 43.0 Å². The predicted molar refractivity (Wildman–Crippen MR) is 224 cm³/mol. The highest BCUT2D eigenvalue weighted by Gasteiger charge is 2.33. The quantitative estimate of drug-likeness (QED) is 0.0570. The monoisotopic (exact) mass is 815 g/mol. The van der Waals surface area contributed by atoms with Crippen LogP contribution in [0, 0.1) is 5.92 Å². The van der Waals surface area contributed by atoms with E-state index in [1.54, 1.807) is 27.7 Å². The first kappa shape index (κ1) is 47.5. The fraction of sp³-hybridized carbons (Fsp3) is 0.467. The molecule has 4 N–H and O–H groups in total. The number of esters is 1. The highest BCUT2D eigenvalue weighted by molar-refractivity contribution is 5.94. The number of hydrogen-bond acceptors (Lipinski definition) is 9. The number of nitrogens with one attached hydrogen (secondary N) is 4. The SMILES string of the molecule is COC(=O)[C@@H](CCCCNC(=O)OCc1ccccc1)NC(=O)[C@@H](CC(C)C)NC(=O)[C@@H](Cc1ccccc1)NC(=O)CN(C(=O)OC(C)(C)C)[C@H](C)c1ccccc1. The Balaban J connectivity index is 1.71. The molecule has 3 aromatic rings. The second-order valence-electron chi connectivity index (χ2n) is 15.8. The summed E-state index contributed by atoms with van der Waals surface area (Å²) in [5, 5.41) is 11.1. The highest BCUT2D eigenvalue weighted by atomic mass is 16.6. The Kier molecular flexibility index (Phi) is 19.4. The van der Waals surface area contributed by atoms with E-state index in [1.165, 1.54) is 12.0 Å². The van der Waals surface area contributed by atoms with E-state index in [1.807, 2.05) is 105 Å². The first-order valence-corrected chi connectivity index (χ1v) is 20.1. The zero-order valence-electron chi connectivity index (χ0n) is 35.3. The third-order valence-electron chi connectivity index (χ3n) is 9.17. The summed E-state index contributed by atoms with van der Waals surface area (Å²) in [6, 6.07) is 23.8. The molecule has 0 heterocycles. The average Bonchev–Trinajstić information content (AvgIpc) is 3.20. The van der Waals surface area contributed by atoms with Gasteiger partial charge in [0.25, 0.3) is 0 Å². The summed E-state index contributed by atoms with van der Waals surface area (Å²) in [6.45, 7) is 10.8. The van der Waals surface area contributed by atoms with Crippen LogP contribution in [0.5, 0.6) is 0 Å². The van der Waals surface area contributed by atoms with Crippen molar-refractivity contribution in [3.63, 3.8) is 0 Å². The van der Waals surface area contributed by atoms with Crippen molar-refractivity contribution in [2.45, 2.75) is 110 Å². The molecular weight excluding hydrogens is 755 g/mol. The van der Waals surface area contributed by atoms with Gasteiger partial charge in [-0.1, -0.05) is 105 Å². The summed E-state index contributed by atoms with van der Waals surface area (Å²) in [6.07, 6.45) is 0.216. The van der Waals surface area contributed by atoms with E-state index >= 15 is 0 Å². The number of carbonyl (C=O) groups excluding carboxylic acids is 6. The Labute approximate surface area is 348 Å². The Morgan fingerprint density at radius 1 is 0.695 bits per heavy atom. The molecule has 0 spiro atoms. The molecule has 0 fully saturated rings. The lowest BCUT2D eigenvalue weighted by Gasteiger charge is -2.32. The fourth-order valence-corrected chi connectivity index (χ4v) is 6.12. The molecule has 0 aliphatic rings. The molecule has 0 unspecified atom stereocenters. The molecular formula is C45H61N5O9. The van der Waals surface area contributed by atoms with Gasteiger partial charge in [-0.3, -0.25) is 19.3 Å². The van der Waals surface area contributed by atoms with Gasteiger partial charge in [-0.15, -0.1) is 0 Å². The van der Waals surface area contributed by atoms with E-state index < -0.39 is 72.2 Å². The predicted octanol–water partition coefficient (Wildman–Crippen LogP) is 6.00. The lowest BCUT2D eigenvalue weighted by atomic mass is 10.00. The second-order valence-corrected chi connectivity index (χ2v) is 15.8. The lowest BCUT2D eigenvalue weighted by molar-refractivity contribution is -0.145. The van der Waals surface area contributed by atoms with Crippen molar-refractivity contribution in [2.75, 3.05) is 20.2 Å². The summed E-state index contributed by atoms with van der Waals surface area (Å²) in [4.78, 5) is 81.4. The number of alkyl carbamates (subject to hydrolysis) is 1. The van der Waals surface area contributed by atoms with Gasteiger partial charge in [0.15, 0.2) is 0 Å². The zero-order chi connectivity index (χ0) is 43.4. The Bertz CT molecular complexity index is 1790. The van der Waals surface area contributed by atoms with Crippen LogP contribution in [0.15, 0.2) is 91.0 Å². The van der Waals surface area contributed by atoms with Crippen molar-refractivity contribution in [3.8, 4) is 0 Å². The van der Waals surface area contributed by atoms with E-state index in [4.69, 9.17) is 14.2 Å². The molecule has 14 heteroatoms. The Hall–Kier alpha value is -5.92. The fourth-order valence-electron chi connectivity index (χ4n) is 6.12. The molecule has 14 nitrogen and oxygen atoms in total. The van der Waals surface area contributed by atoms with Gasteiger partial charge < -0.3 is 35.5 Å². The number of amides is 5. The van der Waals surface area contributed by atoms with Crippen LogP contribution in [0.2, 0.25) is 0 Å². The third-order valence-corrected chi connectivity index (χ3v) is 9.17. The van der Waals surface area contributed by atoms with Crippen molar-refractivity contribution in [1.29, 1.82) is 0 Å². The topological polar surface area (TPSA) is 181 Å². The van der Waals surface area contributed by atoms with Crippen LogP contribution in [0.25, 0.3) is 0 Å². The standard InChI is InChI=1S/C45H61N5O9/c1-31(2)27-37(40(52)48-36(42(54)57-7)25-17-18-26-46-43(55)58-30-34-21-13-9-14-22-34)49-41(53)38(28-33-19-11-8-12-20-33)47-39(51)29-50(44(56)59-45(4,5)6)32(3)35-23-15-10-16-24-35/h8-16,19-24,31-32,36-38H,17-18,25-30H2,1-7H3,(H,46,55)(H,47,51)(H,48,52)(H,49,53)/t32-,36-,37-,38-/m1/s1. The van der Waals surface area contributed by atoms with Crippen molar-refractivity contribution in [3.05, 3.63) is 108 Å². The number of ether oxygens (including phenoxy) is 3. The molecule has 0 saturated heterocycles. The number of benzene rings is 3. The van der Waals surface area contributed by atoms with E-state index in [0.29, 0.717) is 12.8 Å². The van der Waals surface area contributed by atoms with Crippen LogP contribution < -0.4 is 21.3 Å². The molecule has 0 aliphatic heterocycles. The smallest absolute Gasteiger partial charge is 0.411 e. The Morgan fingerprint density at radius 3 is 1.83 bits per heavy atom. The molecule has 320 valence electrons. The van der Waals surface area contributed by atoms with Gasteiger partial charge in [0, 0.05) is 13.0 Å². The van der Waals surface area contributed by atoms with Crippen LogP contribution in [0.1, 0.15) is 90.0 Å². The van der Waals surface area contributed by atoms with Crippen molar-refractivity contribution >= 4 is 35.9 Å². The summed E-state index contributed by atoms with van der Waals surface area (Å²) in [5.41, 5.74) is 1.57. The molecule has 0 aliphatic carbocycles. The number of unbranched alkanes of at least 4 members (excludes halogenated alkanes) is 1. The van der Waals surface area contributed by atoms with Crippen LogP contribution in [-0.2, 0) is 46.4 Å². The minimum atomic E-state index is -1.14. The lowest BCUT2D eigenvalue weighted by Crippen LogP contribution is -2.57. The molecule has 5 amide bonds. The second kappa shape index (κ2) is 24.1. The molecule has 3 aromatic carbocycles. The summed E-state index contributed by atoms with van der Waals surface area (Å²) >= 11 is 0. The summed E-state index contributed by atoms with van der Waals surface area (Å²) in [7, 11) is 1.22. The van der Waals surface area contributed by atoms with Gasteiger partial charge in [-0.25, -0.2) is 14.4 Å². The maximum atomic E-state index is 14.1. The molecule has 0 saturated carbocycles. The van der Waals surface area contributed by atoms with Crippen LogP contribution in [-0.4, -0.2) is 84.7 Å². The van der Waals surface area contributed by atoms with Gasteiger partial charge in [-0.2, -0.15) is 0 Å². The van der Waals surface area contributed by atoms with Crippen LogP contribution >= 0.6 is 0 Å². The van der Waals surface area contributed by atoms with Crippen molar-refractivity contribution in [2.24, 2.45) is 5.92 Å². The van der Waals surface area contributed by atoms with E-state index in [9.17, 15) is 28.8 Å². The largest absolute Gasteiger partial charge is 0.467 e. The molecule has 0 aromatic heterocycles. The first-order chi connectivity index (χ1) is 28.1. The number of methoxy groups -OCH3 is 1. The Morgan fingerprint density at radius 2 is 1.25 bits per heavy atom. The number of hydrogen-bond donors (Lipinski definition) is 4. The minimum Gasteiger partial charge on any atom is -0.467 e. The van der Waals surface area contributed by atoms with Crippen LogP contribution in [0.4, 0.5) is 9.59 Å². The number of carbonyl (C=O) groups is 6. The maximum Gasteiger partial charge on any atom is 0.411 e. The highest BCUT2D eigenvalue weighted by Crippen LogP contribution is 2.23. The molecule has 0 radical (unpaired) electrons. The van der Waals surface area contributed by atoms with Gasteiger partial charge in [-0.05, 0) is 76.0 Å². The molecule has 59 heavy (non-hydrogen) atoms. The molecule has 0 bridgehead atoms. The van der Waals surface area contributed by atoms with Gasteiger partial charge in [0.2, 0.25) is 17.7 Å².